The molecule has 1 amide bonds. The molecule has 7 heteroatoms. The van der Waals surface area contributed by atoms with Crippen LogP contribution >= 0.6 is 22.7 Å². The zero-order valence-corrected chi connectivity index (χ0v) is 17.6. The first kappa shape index (κ1) is 18.9. The van der Waals surface area contributed by atoms with Gasteiger partial charge in [0.05, 0.1) is 12.1 Å². The SMILES string of the molecule is CC1CCN(Cc2csc(N3CCN(C(=O)Cc4ccsc4)CC3)n2)CC1. The monoisotopic (exact) mass is 404 g/mol. The number of piperazine rings is 1. The van der Waals surface area contributed by atoms with Crippen molar-refractivity contribution in [3.05, 3.63) is 33.5 Å². The van der Waals surface area contributed by atoms with E-state index in [-0.39, 0.29) is 5.91 Å². The number of aromatic nitrogens is 1. The van der Waals surface area contributed by atoms with Gasteiger partial charge in [0.1, 0.15) is 0 Å². The highest BCUT2D eigenvalue weighted by molar-refractivity contribution is 7.13. The number of hydrogen-bond acceptors (Lipinski definition) is 6. The summed E-state index contributed by atoms with van der Waals surface area (Å²) in [7, 11) is 0. The lowest BCUT2D eigenvalue weighted by Crippen LogP contribution is -2.49. The molecule has 0 radical (unpaired) electrons. The van der Waals surface area contributed by atoms with Gasteiger partial charge in [-0.1, -0.05) is 6.92 Å². The predicted octanol–water partition coefficient (Wildman–Crippen LogP) is 3.33. The number of thiophene rings is 1. The molecule has 2 aromatic rings. The van der Waals surface area contributed by atoms with Crippen LogP contribution < -0.4 is 4.90 Å². The molecular formula is C20H28N4OS2. The first-order valence-corrected chi connectivity index (χ1v) is 11.7. The molecule has 2 fully saturated rings. The fraction of sp³-hybridized carbons (Fsp3) is 0.600. The van der Waals surface area contributed by atoms with Crippen molar-refractivity contribution in [2.45, 2.75) is 32.7 Å². The Labute approximate surface area is 169 Å². The first-order chi connectivity index (χ1) is 13.2. The number of amides is 1. The van der Waals surface area contributed by atoms with E-state index < -0.39 is 0 Å². The molecule has 4 heterocycles. The molecule has 4 rings (SSSR count). The third kappa shape index (κ3) is 4.89. The Bertz CT molecular complexity index is 729. The van der Waals surface area contributed by atoms with Gasteiger partial charge >= 0.3 is 0 Å². The van der Waals surface area contributed by atoms with Gasteiger partial charge < -0.3 is 9.80 Å². The van der Waals surface area contributed by atoms with E-state index >= 15 is 0 Å². The number of piperidine rings is 1. The van der Waals surface area contributed by atoms with Gasteiger partial charge in [0, 0.05) is 38.1 Å². The quantitative estimate of drug-likeness (QED) is 0.766. The summed E-state index contributed by atoms with van der Waals surface area (Å²) in [4.78, 5) is 24.2. The first-order valence-electron chi connectivity index (χ1n) is 9.88. The van der Waals surface area contributed by atoms with Crippen molar-refractivity contribution in [1.82, 2.24) is 14.8 Å². The molecular weight excluding hydrogens is 376 g/mol. The molecule has 2 saturated heterocycles. The van der Waals surface area contributed by atoms with Crippen molar-refractivity contribution in [2.75, 3.05) is 44.2 Å². The second kappa shape index (κ2) is 8.71. The van der Waals surface area contributed by atoms with E-state index in [9.17, 15) is 4.79 Å². The summed E-state index contributed by atoms with van der Waals surface area (Å²) in [5, 5.41) is 7.42. The molecule has 0 aromatic carbocycles. The predicted molar refractivity (Wildman–Crippen MR) is 113 cm³/mol. The average molecular weight is 405 g/mol. The lowest BCUT2D eigenvalue weighted by Gasteiger charge is -2.34. The van der Waals surface area contributed by atoms with E-state index in [1.54, 1.807) is 22.7 Å². The molecule has 2 aliphatic rings. The summed E-state index contributed by atoms with van der Waals surface area (Å²) in [5.41, 5.74) is 2.32. The maximum atomic E-state index is 12.5. The van der Waals surface area contributed by atoms with E-state index in [1.807, 2.05) is 16.3 Å². The van der Waals surface area contributed by atoms with E-state index in [2.05, 4.69) is 27.5 Å². The van der Waals surface area contributed by atoms with Gasteiger partial charge in [0.2, 0.25) is 5.91 Å². The number of carbonyl (C=O) groups is 1. The van der Waals surface area contributed by atoms with Crippen molar-refractivity contribution in [2.24, 2.45) is 5.92 Å². The summed E-state index contributed by atoms with van der Waals surface area (Å²) in [6, 6.07) is 2.04. The van der Waals surface area contributed by atoms with Crippen molar-refractivity contribution in [3.8, 4) is 0 Å². The molecule has 0 saturated carbocycles. The molecule has 146 valence electrons. The Morgan fingerprint density at radius 2 is 1.93 bits per heavy atom. The maximum Gasteiger partial charge on any atom is 0.227 e. The van der Waals surface area contributed by atoms with Crippen LogP contribution in [0.15, 0.2) is 22.2 Å². The number of nitrogens with zero attached hydrogens (tertiary/aromatic N) is 4. The highest BCUT2D eigenvalue weighted by atomic mass is 32.1. The highest BCUT2D eigenvalue weighted by Crippen LogP contribution is 2.24. The van der Waals surface area contributed by atoms with Crippen LogP contribution in [0.5, 0.6) is 0 Å². The Kier molecular flexibility index (Phi) is 6.10. The number of thiazole rings is 1. The van der Waals surface area contributed by atoms with Crippen molar-refractivity contribution < 1.29 is 4.79 Å². The molecule has 0 atom stereocenters. The largest absolute Gasteiger partial charge is 0.345 e. The summed E-state index contributed by atoms with van der Waals surface area (Å²) >= 11 is 3.40. The molecule has 0 bridgehead atoms. The summed E-state index contributed by atoms with van der Waals surface area (Å²) in [6.45, 7) is 9.06. The van der Waals surface area contributed by atoms with Crippen LogP contribution in [0.25, 0.3) is 0 Å². The number of rotatable bonds is 5. The molecule has 5 nitrogen and oxygen atoms in total. The minimum Gasteiger partial charge on any atom is -0.345 e. The van der Waals surface area contributed by atoms with E-state index in [4.69, 9.17) is 4.98 Å². The van der Waals surface area contributed by atoms with Crippen LogP contribution in [-0.4, -0.2) is 60.0 Å². The Morgan fingerprint density at radius 3 is 2.63 bits per heavy atom. The van der Waals surface area contributed by atoms with Gasteiger partial charge in [0.25, 0.3) is 0 Å². The maximum absolute atomic E-state index is 12.5. The van der Waals surface area contributed by atoms with Gasteiger partial charge in [-0.15, -0.1) is 11.3 Å². The van der Waals surface area contributed by atoms with Gasteiger partial charge in [-0.2, -0.15) is 11.3 Å². The molecule has 0 N–H and O–H groups in total. The number of carbonyl (C=O) groups excluding carboxylic acids is 1. The van der Waals surface area contributed by atoms with E-state index in [1.165, 1.54) is 31.6 Å². The summed E-state index contributed by atoms with van der Waals surface area (Å²) < 4.78 is 0. The van der Waals surface area contributed by atoms with Crippen LogP contribution in [0, 0.1) is 5.92 Å². The fourth-order valence-electron chi connectivity index (χ4n) is 3.79. The summed E-state index contributed by atoms with van der Waals surface area (Å²) in [6.07, 6.45) is 3.14. The molecule has 0 aliphatic carbocycles. The minimum atomic E-state index is 0.243. The Balaban J connectivity index is 1.26. The number of hydrogen-bond donors (Lipinski definition) is 0. The Morgan fingerprint density at radius 1 is 1.15 bits per heavy atom. The molecule has 27 heavy (non-hydrogen) atoms. The fourth-order valence-corrected chi connectivity index (χ4v) is 5.33. The Hall–Kier alpha value is -1.44. The standard InChI is InChI=1S/C20H28N4OS2/c1-16-2-5-22(6-3-16)13-18-15-27-20(21-18)24-9-7-23(8-10-24)19(25)12-17-4-11-26-14-17/h4,11,14-16H,2-3,5-10,12-13H2,1H3. The average Bonchev–Trinajstić information content (AvgIpc) is 3.36. The van der Waals surface area contributed by atoms with Gasteiger partial charge in [-0.25, -0.2) is 4.98 Å². The number of likely N-dealkylation sites (tertiary alicyclic amines) is 1. The van der Waals surface area contributed by atoms with Crippen molar-refractivity contribution in [3.63, 3.8) is 0 Å². The third-order valence-electron chi connectivity index (χ3n) is 5.64. The topological polar surface area (TPSA) is 39.7 Å². The lowest BCUT2D eigenvalue weighted by atomic mass is 9.99. The highest BCUT2D eigenvalue weighted by Gasteiger charge is 2.23. The molecule has 0 spiro atoms. The van der Waals surface area contributed by atoms with Crippen molar-refractivity contribution >= 4 is 33.7 Å². The molecule has 2 aromatic heterocycles. The molecule has 0 unspecified atom stereocenters. The van der Waals surface area contributed by atoms with Gasteiger partial charge in [0.15, 0.2) is 5.13 Å². The summed E-state index contributed by atoms with van der Waals surface area (Å²) in [5.74, 6) is 1.11. The van der Waals surface area contributed by atoms with Crippen molar-refractivity contribution in [1.29, 1.82) is 0 Å². The molecule has 2 aliphatic heterocycles. The van der Waals surface area contributed by atoms with Gasteiger partial charge in [-0.3, -0.25) is 9.69 Å². The van der Waals surface area contributed by atoms with E-state index in [0.717, 1.165) is 49.3 Å². The second-order valence-corrected chi connectivity index (χ2v) is 9.37. The van der Waals surface area contributed by atoms with Gasteiger partial charge in [-0.05, 0) is 54.2 Å². The van der Waals surface area contributed by atoms with E-state index in [0.29, 0.717) is 6.42 Å². The van der Waals surface area contributed by atoms with Crippen LogP contribution in [-0.2, 0) is 17.8 Å². The zero-order chi connectivity index (χ0) is 18.6. The van der Waals surface area contributed by atoms with Crippen LogP contribution in [0.2, 0.25) is 0 Å². The van der Waals surface area contributed by atoms with Crippen LogP contribution in [0.4, 0.5) is 5.13 Å². The lowest BCUT2D eigenvalue weighted by molar-refractivity contribution is -0.130. The van der Waals surface area contributed by atoms with Crippen LogP contribution in [0.3, 0.4) is 0 Å². The van der Waals surface area contributed by atoms with Crippen LogP contribution in [0.1, 0.15) is 31.0 Å². The zero-order valence-electron chi connectivity index (χ0n) is 16.0. The number of anilines is 1. The normalized spacial score (nSPS) is 19.6. The smallest absolute Gasteiger partial charge is 0.227 e. The second-order valence-electron chi connectivity index (χ2n) is 7.76. The third-order valence-corrected chi connectivity index (χ3v) is 7.32. The minimum absolute atomic E-state index is 0.243.